The molecule has 0 unspecified atom stereocenters. The molecule has 0 aliphatic carbocycles. The topological polar surface area (TPSA) is 111 Å². The van der Waals surface area contributed by atoms with Crippen LogP contribution >= 0.6 is 0 Å². The van der Waals surface area contributed by atoms with Crippen LogP contribution in [0.4, 0.5) is 0 Å². The number of aliphatic hydroxyl groups excluding tert-OH is 2. The van der Waals surface area contributed by atoms with Gasteiger partial charge in [0.1, 0.15) is 23.8 Å². The van der Waals surface area contributed by atoms with Crippen molar-refractivity contribution >= 4 is 5.78 Å². The third-order valence-electron chi connectivity index (χ3n) is 3.36. The molecule has 0 amide bonds. The zero-order chi connectivity index (χ0) is 13.7. The molecule has 3 heterocycles. The van der Waals surface area contributed by atoms with E-state index in [0.29, 0.717) is 0 Å². The number of carbonyl (C=O) groups excluding carboxylic acids is 1. The van der Waals surface area contributed by atoms with Crippen LogP contribution in [0.1, 0.15) is 23.3 Å². The molecule has 2 aliphatic rings. The molecule has 8 heteroatoms. The highest BCUT2D eigenvalue weighted by Gasteiger charge is 2.52. The first-order valence-corrected chi connectivity index (χ1v) is 5.78. The lowest BCUT2D eigenvalue weighted by molar-refractivity contribution is -0.0912. The van der Waals surface area contributed by atoms with Gasteiger partial charge in [0.2, 0.25) is 6.29 Å². The molecule has 1 fully saturated rings. The maximum atomic E-state index is 12.2. The van der Waals surface area contributed by atoms with Gasteiger partial charge in [-0.1, -0.05) is 0 Å². The second-order valence-corrected chi connectivity index (χ2v) is 4.51. The van der Waals surface area contributed by atoms with Crippen molar-refractivity contribution in [3.63, 3.8) is 0 Å². The third-order valence-corrected chi connectivity index (χ3v) is 3.36. The number of aliphatic hydroxyl groups is 2. The van der Waals surface area contributed by atoms with Crippen LogP contribution in [0.3, 0.4) is 0 Å². The number of nitrogens with zero attached hydrogens (tertiary/aromatic N) is 2. The standard InChI is InChI=1S/C11H12N2O6/c1-4(15)5-2-12-11-13(9(5)17)7-8(16)6(3-14)18-10(7)19-11/h2,6-8,10,14,16H,3H2,1H3/t6-,7+,8-,10+/m1/s1. The molecule has 4 atom stereocenters. The summed E-state index contributed by atoms with van der Waals surface area (Å²) in [4.78, 5) is 27.4. The van der Waals surface area contributed by atoms with Gasteiger partial charge in [0, 0.05) is 6.20 Å². The van der Waals surface area contributed by atoms with Gasteiger partial charge < -0.3 is 19.7 Å². The SMILES string of the molecule is CC(=O)c1cnc2n(c1=O)[C@@H]1[C@H](O2)O[C@H](CO)[C@H]1O. The predicted octanol–water partition coefficient (Wildman–Crippen LogP) is -1.54. The number of rotatable bonds is 2. The Morgan fingerprint density at radius 2 is 2.32 bits per heavy atom. The lowest BCUT2D eigenvalue weighted by Gasteiger charge is -2.15. The van der Waals surface area contributed by atoms with E-state index in [2.05, 4.69) is 4.98 Å². The Hall–Kier alpha value is -1.77. The van der Waals surface area contributed by atoms with Gasteiger partial charge in [0.15, 0.2) is 5.78 Å². The zero-order valence-electron chi connectivity index (χ0n) is 10.0. The van der Waals surface area contributed by atoms with E-state index >= 15 is 0 Å². The fraction of sp³-hybridized carbons (Fsp3) is 0.545. The van der Waals surface area contributed by atoms with E-state index in [1.807, 2.05) is 0 Å². The van der Waals surface area contributed by atoms with Crippen LogP contribution in [0.15, 0.2) is 11.0 Å². The molecule has 1 aromatic rings. The van der Waals surface area contributed by atoms with Crippen LogP contribution in [-0.4, -0.2) is 50.7 Å². The molecule has 2 N–H and O–H groups in total. The van der Waals surface area contributed by atoms with E-state index in [4.69, 9.17) is 14.6 Å². The summed E-state index contributed by atoms with van der Waals surface area (Å²) in [7, 11) is 0. The molecule has 3 rings (SSSR count). The van der Waals surface area contributed by atoms with Crippen LogP contribution in [0, 0.1) is 0 Å². The Morgan fingerprint density at radius 1 is 1.58 bits per heavy atom. The maximum absolute atomic E-state index is 12.2. The smallest absolute Gasteiger partial charge is 0.302 e. The number of ketones is 1. The van der Waals surface area contributed by atoms with Crippen LogP contribution in [0.2, 0.25) is 0 Å². The normalized spacial score (nSPS) is 31.7. The molecule has 0 saturated carbocycles. The van der Waals surface area contributed by atoms with Gasteiger partial charge in [-0.05, 0) is 6.92 Å². The van der Waals surface area contributed by atoms with E-state index in [1.165, 1.54) is 6.92 Å². The first kappa shape index (κ1) is 12.3. The number of aromatic nitrogens is 2. The van der Waals surface area contributed by atoms with Gasteiger partial charge in [-0.25, -0.2) is 9.55 Å². The van der Waals surface area contributed by atoms with Gasteiger partial charge in [0.25, 0.3) is 5.56 Å². The summed E-state index contributed by atoms with van der Waals surface area (Å²) in [5, 5.41) is 19.1. The fourth-order valence-electron chi connectivity index (χ4n) is 2.39. The van der Waals surface area contributed by atoms with Gasteiger partial charge in [-0.3, -0.25) is 9.59 Å². The van der Waals surface area contributed by atoms with Crippen LogP contribution in [0.5, 0.6) is 6.01 Å². The van der Waals surface area contributed by atoms with Gasteiger partial charge in [0.05, 0.1) is 6.61 Å². The largest absolute Gasteiger partial charge is 0.432 e. The Morgan fingerprint density at radius 3 is 2.95 bits per heavy atom. The highest BCUT2D eigenvalue weighted by Crippen LogP contribution is 2.38. The number of fused-ring (bicyclic) bond motifs is 3. The highest BCUT2D eigenvalue weighted by atomic mass is 16.7. The van der Waals surface area contributed by atoms with Crippen molar-refractivity contribution in [2.24, 2.45) is 0 Å². The minimum Gasteiger partial charge on any atom is -0.432 e. The first-order valence-electron chi connectivity index (χ1n) is 5.78. The summed E-state index contributed by atoms with van der Waals surface area (Å²) in [6.07, 6.45) is -1.66. The van der Waals surface area contributed by atoms with Crippen molar-refractivity contribution in [1.82, 2.24) is 9.55 Å². The van der Waals surface area contributed by atoms with Crippen molar-refractivity contribution in [1.29, 1.82) is 0 Å². The molecule has 0 aromatic carbocycles. The summed E-state index contributed by atoms with van der Waals surface area (Å²) in [6.45, 7) is 0.873. The molecule has 0 spiro atoms. The van der Waals surface area contributed by atoms with Crippen molar-refractivity contribution in [2.75, 3.05) is 6.61 Å². The van der Waals surface area contributed by atoms with Crippen LogP contribution in [0.25, 0.3) is 0 Å². The molecule has 1 aromatic heterocycles. The van der Waals surface area contributed by atoms with Crippen LogP contribution in [-0.2, 0) is 4.74 Å². The Balaban J connectivity index is 2.11. The molecule has 0 radical (unpaired) electrons. The fourth-order valence-corrected chi connectivity index (χ4v) is 2.39. The molecule has 8 nitrogen and oxygen atoms in total. The summed E-state index contributed by atoms with van der Waals surface area (Å²) < 4.78 is 11.7. The quantitative estimate of drug-likeness (QED) is 0.625. The lowest BCUT2D eigenvalue weighted by atomic mass is 10.1. The number of hydrogen-bond donors (Lipinski definition) is 2. The Labute approximate surface area is 107 Å². The minimum absolute atomic E-state index is 0.000407. The molecule has 2 aliphatic heterocycles. The van der Waals surface area contributed by atoms with Crippen LogP contribution < -0.4 is 10.3 Å². The first-order chi connectivity index (χ1) is 9.04. The second-order valence-electron chi connectivity index (χ2n) is 4.51. The third kappa shape index (κ3) is 1.61. The van der Waals surface area contributed by atoms with Crippen molar-refractivity contribution in [3.8, 4) is 6.01 Å². The number of ether oxygens (including phenoxy) is 2. The van der Waals surface area contributed by atoms with E-state index in [0.717, 1.165) is 10.8 Å². The average Bonchev–Trinajstić information content (AvgIpc) is 2.86. The second kappa shape index (κ2) is 4.12. The van der Waals surface area contributed by atoms with Crippen molar-refractivity contribution in [2.45, 2.75) is 31.5 Å². The maximum Gasteiger partial charge on any atom is 0.302 e. The van der Waals surface area contributed by atoms with E-state index in [-0.39, 0.29) is 18.2 Å². The molecular weight excluding hydrogens is 256 g/mol. The Bertz CT molecular complexity index is 595. The highest BCUT2D eigenvalue weighted by molar-refractivity contribution is 5.93. The molecule has 19 heavy (non-hydrogen) atoms. The van der Waals surface area contributed by atoms with Gasteiger partial charge in [-0.15, -0.1) is 0 Å². The number of hydrogen-bond acceptors (Lipinski definition) is 7. The van der Waals surface area contributed by atoms with Crippen molar-refractivity contribution < 1.29 is 24.5 Å². The molecule has 0 bridgehead atoms. The zero-order valence-corrected chi connectivity index (χ0v) is 10.0. The average molecular weight is 268 g/mol. The van der Waals surface area contributed by atoms with E-state index in [1.54, 1.807) is 0 Å². The van der Waals surface area contributed by atoms with Gasteiger partial charge in [-0.2, -0.15) is 0 Å². The van der Waals surface area contributed by atoms with Gasteiger partial charge >= 0.3 is 6.01 Å². The predicted molar refractivity (Wildman–Crippen MR) is 59.9 cm³/mol. The number of Topliss-reactive ketones (excluding diaryl/α,β-unsaturated/α-hetero) is 1. The van der Waals surface area contributed by atoms with E-state index in [9.17, 15) is 14.7 Å². The summed E-state index contributed by atoms with van der Waals surface area (Å²) in [5.41, 5.74) is -0.654. The summed E-state index contributed by atoms with van der Waals surface area (Å²) in [6, 6.07) is -0.799. The van der Waals surface area contributed by atoms with Crippen molar-refractivity contribution in [3.05, 3.63) is 22.1 Å². The monoisotopic (exact) mass is 268 g/mol. The summed E-state index contributed by atoms with van der Waals surface area (Å²) in [5.74, 6) is -0.414. The minimum atomic E-state index is -1.10. The van der Waals surface area contributed by atoms with E-state index < -0.39 is 35.9 Å². The molecule has 1 saturated heterocycles. The molecule has 102 valence electrons. The molecular formula is C11H12N2O6. The summed E-state index contributed by atoms with van der Waals surface area (Å²) >= 11 is 0. The lowest BCUT2D eigenvalue weighted by Crippen LogP contribution is -2.36. The number of carbonyl (C=O) groups is 1. The Kier molecular flexibility index (Phi) is 2.66.